The molecule has 0 bridgehead atoms. The predicted octanol–water partition coefficient (Wildman–Crippen LogP) is 1.45. The van der Waals surface area contributed by atoms with Gasteiger partial charge in [0.05, 0.1) is 0 Å². The smallest absolute Gasteiger partial charge is 0.227 e. The van der Waals surface area contributed by atoms with Gasteiger partial charge in [0.2, 0.25) is 11.8 Å². The summed E-state index contributed by atoms with van der Waals surface area (Å²) in [7, 11) is 0. The molecule has 0 unspecified atom stereocenters. The first kappa shape index (κ1) is 12.2. The molecular formula is C14H22N2O2. The average Bonchev–Trinajstić information content (AvgIpc) is 2.81. The molecule has 100 valence electrons. The zero-order valence-corrected chi connectivity index (χ0v) is 10.9. The Balaban J connectivity index is 1.61. The highest BCUT2D eigenvalue weighted by atomic mass is 16.2. The summed E-state index contributed by atoms with van der Waals surface area (Å²) in [5.74, 6) is -0.138. The van der Waals surface area contributed by atoms with Crippen molar-refractivity contribution >= 4 is 11.8 Å². The second-order valence-corrected chi connectivity index (χ2v) is 6.30. The number of hydrogen-bond acceptors (Lipinski definition) is 3. The minimum absolute atomic E-state index is 0.0193. The van der Waals surface area contributed by atoms with E-state index < -0.39 is 0 Å². The van der Waals surface area contributed by atoms with E-state index in [0.717, 1.165) is 32.0 Å². The Labute approximate surface area is 108 Å². The lowest BCUT2D eigenvalue weighted by Crippen LogP contribution is -2.51. The summed E-state index contributed by atoms with van der Waals surface area (Å²) in [5, 5.41) is 2.43. The number of amides is 2. The van der Waals surface area contributed by atoms with Crippen LogP contribution in [-0.2, 0) is 9.59 Å². The van der Waals surface area contributed by atoms with Crippen molar-refractivity contribution in [1.29, 1.82) is 0 Å². The fourth-order valence-electron chi connectivity index (χ4n) is 3.97. The number of rotatable bonds is 1. The van der Waals surface area contributed by atoms with E-state index in [0.29, 0.717) is 12.8 Å². The Hall–Kier alpha value is -0.900. The van der Waals surface area contributed by atoms with E-state index in [1.54, 1.807) is 0 Å². The Bertz CT molecular complexity index is 335. The third-order valence-corrected chi connectivity index (χ3v) is 5.05. The van der Waals surface area contributed by atoms with Crippen LogP contribution in [-0.4, -0.2) is 35.8 Å². The van der Waals surface area contributed by atoms with E-state index >= 15 is 0 Å². The molecule has 0 aromatic carbocycles. The number of piperidine rings is 2. The molecule has 0 radical (unpaired) electrons. The van der Waals surface area contributed by atoms with Crippen LogP contribution in [0.15, 0.2) is 0 Å². The third kappa shape index (κ3) is 2.30. The molecule has 1 N–H and O–H groups in total. The van der Waals surface area contributed by atoms with Crippen LogP contribution in [0.2, 0.25) is 0 Å². The second-order valence-electron chi connectivity index (χ2n) is 6.30. The zero-order chi connectivity index (χ0) is 12.6. The summed E-state index contributed by atoms with van der Waals surface area (Å²) < 4.78 is 0. The fourth-order valence-corrected chi connectivity index (χ4v) is 3.97. The SMILES string of the molecule is O=C1CC2(CCN(C3CCCC3)CC2)CC(=O)N1. The van der Waals surface area contributed by atoms with Gasteiger partial charge in [-0.15, -0.1) is 0 Å². The molecule has 18 heavy (non-hydrogen) atoms. The monoisotopic (exact) mass is 250 g/mol. The van der Waals surface area contributed by atoms with Crippen molar-refractivity contribution in [3.8, 4) is 0 Å². The summed E-state index contributed by atoms with van der Waals surface area (Å²) in [4.78, 5) is 25.7. The molecule has 1 aliphatic carbocycles. The van der Waals surface area contributed by atoms with Crippen molar-refractivity contribution in [2.24, 2.45) is 5.41 Å². The number of hydrogen-bond donors (Lipinski definition) is 1. The summed E-state index contributed by atoms with van der Waals surface area (Å²) in [6.45, 7) is 2.15. The summed E-state index contributed by atoms with van der Waals surface area (Å²) in [5.41, 5.74) is -0.0193. The van der Waals surface area contributed by atoms with Crippen LogP contribution < -0.4 is 5.32 Å². The van der Waals surface area contributed by atoms with Gasteiger partial charge < -0.3 is 4.90 Å². The molecule has 0 atom stereocenters. The van der Waals surface area contributed by atoms with Crippen LogP contribution in [0.3, 0.4) is 0 Å². The van der Waals surface area contributed by atoms with Crippen molar-refractivity contribution < 1.29 is 9.59 Å². The van der Waals surface area contributed by atoms with Crippen LogP contribution in [0.1, 0.15) is 51.4 Å². The predicted molar refractivity (Wildman–Crippen MR) is 67.9 cm³/mol. The normalized spacial score (nSPS) is 29.8. The van der Waals surface area contributed by atoms with Gasteiger partial charge in [-0.25, -0.2) is 0 Å². The maximum absolute atomic E-state index is 11.5. The van der Waals surface area contributed by atoms with Crippen molar-refractivity contribution in [3.05, 3.63) is 0 Å². The minimum atomic E-state index is -0.0689. The Morgan fingerprint density at radius 3 is 2.11 bits per heavy atom. The van der Waals surface area contributed by atoms with Crippen molar-refractivity contribution in [2.45, 2.75) is 57.4 Å². The van der Waals surface area contributed by atoms with Crippen LogP contribution in [0, 0.1) is 5.41 Å². The minimum Gasteiger partial charge on any atom is -0.300 e. The van der Waals surface area contributed by atoms with Gasteiger partial charge in [0.25, 0.3) is 0 Å². The average molecular weight is 250 g/mol. The van der Waals surface area contributed by atoms with Gasteiger partial charge in [-0.3, -0.25) is 14.9 Å². The number of carbonyl (C=O) groups is 2. The molecule has 4 heteroatoms. The van der Waals surface area contributed by atoms with E-state index in [9.17, 15) is 9.59 Å². The number of imide groups is 1. The van der Waals surface area contributed by atoms with E-state index in [1.807, 2.05) is 0 Å². The molecule has 1 saturated carbocycles. The van der Waals surface area contributed by atoms with Crippen LogP contribution in [0.5, 0.6) is 0 Å². The van der Waals surface area contributed by atoms with Gasteiger partial charge in [0, 0.05) is 18.9 Å². The molecule has 0 aromatic rings. The number of carbonyl (C=O) groups excluding carboxylic acids is 2. The summed E-state index contributed by atoms with van der Waals surface area (Å²) in [6, 6.07) is 0.774. The Kier molecular flexibility index (Phi) is 3.14. The van der Waals surface area contributed by atoms with Gasteiger partial charge in [0.15, 0.2) is 0 Å². The molecule has 2 saturated heterocycles. The maximum atomic E-state index is 11.5. The maximum Gasteiger partial charge on any atom is 0.227 e. The highest BCUT2D eigenvalue weighted by Gasteiger charge is 2.42. The lowest BCUT2D eigenvalue weighted by atomic mass is 9.71. The van der Waals surface area contributed by atoms with E-state index in [-0.39, 0.29) is 17.2 Å². The lowest BCUT2D eigenvalue weighted by Gasteiger charge is -2.44. The highest BCUT2D eigenvalue weighted by molar-refractivity contribution is 5.98. The van der Waals surface area contributed by atoms with Gasteiger partial charge in [-0.2, -0.15) is 0 Å². The molecule has 4 nitrogen and oxygen atoms in total. The summed E-state index contributed by atoms with van der Waals surface area (Å²) >= 11 is 0. The molecular weight excluding hydrogens is 228 g/mol. The molecule has 2 aliphatic heterocycles. The quantitative estimate of drug-likeness (QED) is 0.717. The van der Waals surface area contributed by atoms with E-state index in [2.05, 4.69) is 10.2 Å². The lowest BCUT2D eigenvalue weighted by molar-refractivity contribution is -0.139. The number of nitrogens with one attached hydrogen (secondary N) is 1. The first-order valence-corrected chi connectivity index (χ1v) is 7.24. The van der Waals surface area contributed by atoms with Crippen LogP contribution in [0.4, 0.5) is 0 Å². The van der Waals surface area contributed by atoms with Crippen LogP contribution >= 0.6 is 0 Å². The molecule has 3 fully saturated rings. The fraction of sp³-hybridized carbons (Fsp3) is 0.857. The van der Waals surface area contributed by atoms with Gasteiger partial charge in [-0.05, 0) is 44.2 Å². The largest absolute Gasteiger partial charge is 0.300 e. The van der Waals surface area contributed by atoms with Crippen molar-refractivity contribution in [1.82, 2.24) is 10.2 Å². The summed E-state index contributed by atoms with van der Waals surface area (Å²) in [6.07, 6.45) is 8.55. The molecule has 0 aromatic heterocycles. The second kappa shape index (κ2) is 4.65. The molecule has 1 spiro atoms. The molecule has 2 amide bonds. The van der Waals surface area contributed by atoms with Gasteiger partial charge in [-0.1, -0.05) is 12.8 Å². The third-order valence-electron chi connectivity index (χ3n) is 5.05. The number of nitrogens with zero attached hydrogens (tertiary/aromatic N) is 1. The first-order chi connectivity index (χ1) is 8.67. The van der Waals surface area contributed by atoms with E-state index in [4.69, 9.17) is 0 Å². The standard InChI is InChI=1S/C14H22N2O2/c17-12-9-14(10-13(18)15-12)5-7-16(8-6-14)11-3-1-2-4-11/h11H,1-10H2,(H,15,17,18). The number of likely N-dealkylation sites (tertiary alicyclic amines) is 1. The Morgan fingerprint density at radius 1 is 1.00 bits per heavy atom. The van der Waals surface area contributed by atoms with Gasteiger partial charge >= 0.3 is 0 Å². The molecule has 3 rings (SSSR count). The van der Waals surface area contributed by atoms with Crippen molar-refractivity contribution in [2.75, 3.05) is 13.1 Å². The van der Waals surface area contributed by atoms with Crippen molar-refractivity contribution in [3.63, 3.8) is 0 Å². The molecule has 2 heterocycles. The first-order valence-electron chi connectivity index (χ1n) is 7.24. The topological polar surface area (TPSA) is 49.4 Å². The highest BCUT2D eigenvalue weighted by Crippen LogP contribution is 2.41. The molecule has 3 aliphatic rings. The van der Waals surface area contributed by atoms with Gasteiger partial charge in [0.1, 0.15) is 0 Å². The van der Waals surface area contributed by atoms with E-state index in [1.165, 1.54) is 25.7 Å². The van der Waals surface area contributed by atoms with Crippen LogP contribution in [0.25, 0.3) is 0 Å². The zero-order valence-electron chi connectivity index (χ0n) is 10.9. The Morgan fingerprint density at radius 2 is 1.56 bits per heavy atom.